The van der Waals surface area contributed by atoms with Gasteiger partial charge in [0.15, 0.2) is 5.82 Å². The van der Waals surface area contributed by atoms with E-state index < -0.39 is 5.82 Å². The van der Waals surface area contributed by atoms with Crippen molar-refractivity contribution in [3.05, 3.63) is 60.2 Å². The fourth-order valence-electron chi connectivity index (χ4n) is 3.80. The Morgan fingerprint density at radius 1 is 1.21 bits per heavy atom. The molecule has 1 fully saturated rings. The molecule has 0 radical (unpaired) electrons. The van der Waals surface area contributed by atoms with Gasteiger partial charge in [-0.15, -0.1) is 5.10 Å². The SMILES string of the molecule is Cc1nnnn1-c1cc(NC(=O)C2CCCN(C(=O)CCOc3ccccc3)C2)ccc1F. The number of tetrazole rings is 1. The number of rotatable bonds is 7. The summed E-state index contributed by atoms with van der Waals surface area (Å²) in [4.78, 5) is 27.2. The third-order valence-corrected chi connectivity index (χ3v) is 5.54. The molecule has 1 saturated heterocycles. The number of benzene rings is 2. The number of amides is 2. The lowest BCUT2D eigenvalue weighted by Gasteiger charge is -2.32. The van der Waals surface area contributed by atoms with Gasteiger partial charge in [0.1, 0.15) is 17.3 Å². The van der Waals surface area contributed by atoms with Gasteiger partial charge in [-0.05, 0) is 60.5 Å². The van der Waals surface area contributed by atoms with Crippen molar-refractivity contribution in [2.75, 3.05) is 25.0 Å². The maximum atomic E-state index is 14.3. The summed E-state index contributed by atoms with van der Waals surface area (Å²) in [5.74, 6) is 0.0454. The molecular formula is C23H25FN6O3. The predicted octanol–water partition coefficient (Wildman–Crippen LogP) is 2.76. The van der Waals surface area contributed by atoms with Crippen molar-refractivity contribution in [1.82, 2.24) is 25.1 Å². The van der Waals surface area contributed by atoms with Gasteiger partial charge in [0.2, 0.25) is 11.8 Å². The smallest absolute Gasteiger partial charge is 0.229 e. The Hall–Kier alpha value is -3.82. The number of piperidine rings is 1. The number of likely N-dealkylation sites (tertiary alicyclic amines) is 1. The number of carbonyl (C=O) groups excluding carboxylic acids is 2. The standard InChI is InChI=1S/C23H25FN6O3/c1-16-26-27-28-30(16)21-14-18(9-10-20(21)24)25-23(32)17-6-5-12-29(15-17)22(31)11-13-33-19-7-3-2-4-8-19/h2-4,7-10,14,17H,5-6,11-13,15H2,1H3,(H,25,32). The van der Waals surface area contributed by atoms with E-state index in [4.69, 9.17) is 4.74 Å². The Bertz CT molecular complexity index is 1120. The summed E-state index contributed by atoms with van der Waals surface area (Å²) in [5, 5.41) is 13.9. The summed E-state index contributed by atoms with van der Waals surface area (Å²) in [6, 6.07) is 13.6. The number of nitrogens with zero attached hydrogens (tertiary/aromatic N) is 5. The molecule has 1 aliphatic rings. The molecule has 1 N–H and O–H groups in total. The number of hydrogen-bond acceptors (Lipinski definition) is 6. The van der Waals surface area contributed by atoms with Gasteiger partial charge in [-0.1, -0.05) is 18.2 Å². The average molecular weight is 452 g/mol. The molecule has 1 aliphatic heterocycles. The normalized spacial score (nSPS) is 15.8. The highest BCUT2D eigenvalue weighted by molar-refractivity contribution is 5.93. The third kappa shape index (κ3) is 5.51. The van der Waals surface area contributed by atoms with Gasteiger partial charge in [0.25, 0.3) is 0 Å². The molecule has 9 nitrogen and oxygen atoms in total. The molecular weight excluding hydrogens is 427 g/mol. The molecule has 0 aliphatic carbocycles. The average Bonchev–Trinajstić information content (AvgIpc) is 3.26. The fourth-order valence-corrected chi connectivity index (χ4v) is 3.80. The van der Waals surface area contributed by atoms with Crippen LogP contribution in [0.2, 0.25) is 0 Å². The van der Waals surface area contributed by atoms with Crippen LogP contribution in [0.3, 0.4) is 0 Å². The van der Waals surface area contributed by atoms with Crippen LogP contribution in [0.5, 0.6) is 5.75 Å². The number of aromatic nitrogens is 4. The Kier molecular flexibility index (Phi) is 6.92. The number of carbonyl (C=O) groups is 2. The van der Waals surface area contributed by atoms with Crippen molar-refractivity contribution >= 4 is 17.5 Å². The Morgan fingerprint density at radius 2 is 2.03 bits per heavy atom. The van der Waals surface area contributed by atoms with Crippen LogP contribution < -0.4 is 10.1 Å². The number of hydrogen-bond donors (Lipinski definition) is 1. The van der Waals surface area contributed by atoms with Crippen LogP contribution in [0.4, 0.5) is 10.1 Å². The van der Waals surface area contributed by atoms with Crippen LogP contribution in [-0.2, 0) is 9.59 Å². The largest absolute Gasteiger partial charge is 0.493 e. The molecule has 0 spiro atoms. The van der Waals surface area contributed by atoms with E-state index in [1.54, 1.807) is 11.8 Å². The highest BCUT2D eigenvalue weighted by Crippen LogP contribution is 2.22. The van der Waals surface area contributed by atoms with E-state index in [2.05, 4.69) is 20.8 Å². The van der Waals surface area contributed by atoms with Gasteiger partial charge in [-0.25, -0.2) is 4.39 Å². The maximum absolute atomic E-state index is 14.3. The summed E-state index contributed by atoms with van der Waals surface area (Å²) in [7, 11) is 0. The second-order valence-electron chi connectivity index (χ2n) is 7.88. The van der Waals surface area contributed by atoms with Crippen molar-refractivity contribution < 1.29 is 18.7 Å². The number of ether oxygens (including phenoxy) is 1. The molecule has 33 heavy (non-hydrogen) atoms. The van der Waals surface area contributed by atoms with E-state index >= 15 is 0 Å². The Labute approximate surface area is 190 Å². The zero-order chi connectivity index (χ0) is 23.2. The molecule has 2 heterocycles. The highest BCUT2D eigenvalue weighted by atomic mass is 19.1. The van der Waals surface area contributed by atoms with Gasteiger partial charge >= 0.3 is 0 Å². The summed E-state index contributed by atoms with van der Waals surface area (Å²) in [6.07, 6.45) is 1.66. The van der Waals surface area contributed by atoms with Crippen molar-refractivity contribution in [3.8, 4) is 11.4 Å². The van der Waals surface area contributed by atoms with Crippen LogP contribution in [-0.4, -0.2) is 56.6 Å². The van der Waals surface area contributed by atoms with Crippen molar-refractivity contribution in [1.29, 1.82) is 0 Å². The molecule has 4 rings (SSSR count). The van der Waals surface area contributed by atoms with E-state index in [9.17, 15) is 14.0 Å². The van der Waals surface area contributed by atoms with E-state index in [0.29, 0.717) is 31.0 Å². The minimum Gasteiger partial charge on any atom is -0.493 e. The van der Waals surface area contributed by atoms with Crippen molar-refractivity contribution in [3.63, 3.8) is 0 Å². The molecule has 172 valence electrons. The molecule has 0 saturated carbocycles. The minimum absolute atomic E-state index is 0.0401. The molecule has 2 amide bonds. The number of para-hydroxylation sites is 1. The summed E-state index contributed by atoms with van der Waals surface area (Å²) < 4.78 is 21.1. The fraction of sp³-hybridized carbons (Fsp3) is 0.348. The first-order chi connectivity index (χ1) is 16.0. The minimum atomic E-state index is -0.504. The van der Waals surface area contributed by atoms with Gasteiger partial charge in [0, 0.05) is 18.8 Å². The molecule has 0 bridgehead atoms. The highest BCUT2D eigenvalue weighted by Gasteiger charge is 2.28. The van der Waals surface area contributed by atoms with Gasteiger partial charge in [-0.3, -0.25) is 9.59 Å². The van der Waals surface area contributed by atoms with E-state index in [1.807, 2.05) is 30.3 Å². The van der Waals surface area contributed by atoms with Crippen molar-refractivity contribution in [2.24, 2.45) is 5.92 Å². The quantitative estimate of drug-likeness (QED) is 0.591. The molecule has 10 heteroatoms. The van der Waals surface area contributed by atoms with Crippen LogP contribution in [0, 0.1) is 18.7 Å². The van der Waals surface area contributed by atoms with Gasteiger partial charge in [0.05, 0.1) is 18.9 Å². The lowest BCUT2D eigenvalue weighted by atomic mass is 9.96. The van der Waals surface area contributed by atoms with Crippen LogP contribution in [0.15, 0.2) is 48.5 Å². The predicted molar refractivity (Wildman–Crippen MR) is 118 cm³/mol. The first-order valence-corrected chi connectivity index (χ1v) is 10.8. The molecule has 1 aromatic heterocycles. The zero-order valence-electron chi connectivity index (χ0n) is 18.3. The lowest BCUT2D eigenvalue weighted by molar-refractivity contribution is -0.135. The number of anilines is 1. The molecule has 3 aromatic rings. The number of halogens is 1. The van der Waals surface area contributed by atoms with E-state index in [0.717, 1.165) is 12.2 Å². The first-order valence-electron chi connectivity index (χ1n) is 10.8. The third-order valence-electron chi connectivity index (χ3n) is 5.54. The van der Waals surface area contributed by atoms with Gasteiger partial charge in [-0.2, -0.15) is 4.68 Å². The van der Waals surface area contributed by atoms with Crippen LogP contribution in [0.1, 0.15) is 25.1 Å². The van der Waals surface area contributed by atoms with E-state index in [1.165, 1.54) is 22.9 Å². The summed E-state index contributed by atoms with van der Waals surface area (Å²) in [6.45, 7) is 2.90. The monoisotopic (exact) mass is 452 g/mol. The molecule has 1 unspecified atom stereocenters. The second-order valence-corrected chi connectivity index (χ2v) is 7.88. The summed E-state index contributed by atoms with van der Waals surface area (Å²) >= 11 is 0. The molecule has 2 aromatic carbocycles. The first kappa shape index (κ1) is 22.4. The Balaban J connectivity index is 1.33. The van der Waals surface area contributed by atoms with Crippen LogP contribution >= 0.6 is 0 Å². The number of nitrogens with one attached hydrogen (secondary N) is 1. The molecule has 1 atom stereocenters. The van der Waals surface area contributed by atoms with Crippen molar-refractivity contribution in [2.45, 2.75) is 26.2 Å². The van der Waals surface area contributed by atoms with Gasteiger partial charge < -0.3 is 15.0 Å². The number of aryl methyl sites for hydroxylation is 1. The lowest BCUT2D eigenvalue weighted by Crippen LogP contribution is -2.44. The Morgan fingerprint density at radius 3 is 2.79 bits per heavy atom. The second kappa shape index (κ2) is 10.2. The summed E-state index contributed by atoms with van der Waals surface area (Å²) in [5.41, 5.74) is 0.583. The maximum Gasteiger partial charge on any atom is 0.229 e. The van der Waals surface area contributed by atoms with Crippen LogP contribution in [0.25, 0.3) is 5.69 Å². The van der Waals surface area contributed by atoms with E-state index in [-0.39, 0.29) is 36.4 Å². The zero-order valence-corrected chi connectivity index (χ0v) is 18.3. The topological polar surface area (TPSA) is 102 Å².